The summed E-state index contributed by atoms with van der Waals surface area (Å²) < 4.78 is 5.64. The van der Waals surface area contributed by atoms with Gasteiger partial charge in [0.05, 0.1) is 6.10 Å². The molecule has 1 fully saturated rings. The first-order valence-electron chi connectivity index (χ1n) is 7.54. The Hall–Kier alpha value is -0.900. The number of rotatable bonds is 5. The number of ether oxygens (including phenoxy) is 1. The van der Waals surface area contributed by atoms with Crippen molar-refractivity contribution in [2.45, 2.75) is 44.4 Å². The third-order valence-corrected chi connectivity index (χ3v) is 4.22. The van der Waals surface area contributed by atoms with Crippen molar-refractivity contribution in [2.75, 3.05) is 19.7 Å². The average Bonchev–Trinajstić information content (AvgIpc) is 2.97. The van der Waals surface area contributed by atoms with Gasteiger partial charge in [-0.15, -0.1) is 0 Å². The highest BCUT2D eigenvalue weighted by Crippen LogP contribution is 2.16. The first-order chi connectivity index (χ1) is 9.42. The number of nitrogens with one attached hydrogen (secondary N) is 2. The Balaban J connectivity index is 1.37. The molecule has 104 valence electrons. The number of hydrogen-bond donors (Lipinski definition) is 2. The zero-order valence-electron chi connectivity index (χ0n) is 11.5. The van der Waals surface area contributed by atoms with Crippen molar-refractivity contribution in [2.24, 2.45) is 0 Å². The Morgan fingerprint density at radius 2 is 2.16 bits per heavy atom. The molecule has 1 aromatic rings. The summed E-state index contributed by atoms with van der Waals surface area (Å²) in [6.07, 6.45) is 5.29. The molecule has 0 aromatic heterocycles. The molecule has 2 aliphatic heterocycles. The van der Waals surface area contributed by atoms with Gasteiger partial charge in [0.15, 0.2) is 0 Å². The predicted molar refractivity (Wildman–Crippen MR) is 77.2 cm³/mol. The minimum absolute atomic E-state index is 0.507. The molecule has 2 heterocycles. The van der Waals surface area contributed by atoms with Gasteiger partial charge in [-0.25, -0.2) is 0 Å². The fraction of sp³-hybridized carbons (Fsp3) is 0.625. The summed E-state index contributed by atoms with van der Waals surface area (Å²) in [6.45, 7) is 4.10. The van der Waals surface area contributed by atoms with Gasteiger partial charge < -0.3 is 15.4 Å². The van der Waals surface area contributed by atoms with Gasteiger partial charge in [0.1, 0.15) is 0 Å². The van der Waals surface area contributed by atoms with Gasteiger partial charge in [0.25, 0.3) is 0 Å². The van der Waals surface area contributed by atoms with Crippen LogP contribution in [-0.2, 0) is 17.7 Å². The topological polar surface area (TPSA) is 33.3 Å². The van der Waals surface area contributed by atoms with Crippen molar-refractivity contribution in [1.29, 1.82) is 0 Å². The van der Waals surface area contributed by atoms with Gasteiger partial charge >= 0.3 is 0 Å². The quantitative estimate of drug-likeness (QED) is 0.793. The van der Waals surface area contributed by atoms with Crippen molar-refractivity contribution in [1.82, 2.24) is 10.6 Å². The van der Waals surface area contributed by atoms with E-state index >= 15 is 0 Å². The largest absolute Gasteiger partial charge is 0.378 e. The van der Waals surface area contributed by atoms with E-state index in [-0.39, 0.29) is 0 Å². The predicted octanol–water partition coefficient (Wildman–Crippen LogP) is 1.86. The molecule has 0 saturated carbocycles. The van der Waals surface area contributed by atoms with Crippen LogP contribution in [-0.4, -0.2) is 31.8 Å². The summed E-state index contributed by atoms with van der Waals surface area (Å²) in [5.41, 5.74) is 2.96. The molecule has 3 heteroatoms. The highest BCUT2D eigenvalue weighted by molar-refractivity contribution is 5.29. The van der Waals surface area contributed by atoms with Crippen LogP contribution in [0.2, 0.25) is 0 Å². The lowest BCUT2D eigenvalue weighted by atomic mass is 9.96. The minimum Gasteiger partial charge on any atom is -0.378 e. The maximum Gasteiger partial charge on any atom is 0.0588 e. The summed E-state index contributed by atoms with van der Waals surface area (Å²) in [6, 6.07) is 9.32. The second kappa shape index (κ2) is 6.51. The molecule has 1 aromatic carbocycles. The SMILES string of the molecule is c1ccc2c(c1)CNC(CNCCC1CCCO1)C2. The van der Waals surface area contributed by atoms with Crippen LogP contribution in [0, 0.1) is 0 Å². The van der Waals surface area contributed by atoms with E-state index in [1.165, 1.54) is 24.0 Å². The molecule has 2 atom stereocenters. The molecule has 2 aliphatic rings. The second-order valence-corrected chi connectivity index (χ2v) is 5.68. The van der Waals surface area contributed by atoms with E-state index in [0.29, 0.717) is 12.1 Å². The Morgan fingerprint density at radius 3 is 3.00 bits per heavy atom. The zero-order chi connectivity index (χ0) is 12.9. The minimum atomic E-state index is 0.507. The monoisotopic (exact) mass is 260 g/mol. The summed E-state index contributed by atoms with van der Waals surface area (Å²) in [4.78, 5) is 0. The molecule has 0 spiro atoms. The van der Waals surface area contributed by atoms with Crippen molar-refractivity contribution in [3.63, 3.8) is 0 Å². The molecule has 0 bridgehead atoms. The fourth-order valence-corrected chi connectivity index (χ4v) is 3.08. The number of fused-ring (bicyclic) bond motifs is 1. The summed E-state index contributed by atoms with van der Waals surface area (Å²) in [5, 5.41) is 7.18. The van der Waals surface area contributed by atoms with Crippen LogP contribution in [0.1, 0.15) is 30.4 Å². The molecule has 0 radical (unpaired) electrons. The third kappa shape index (κ3) is 3.56. The lowest BCUT2D eigenvalue weighted by molar-refractivity contribution is 0.104. The average molecular weight is 260 g/mol. The number of hydrogen-bond acceptors (Lipinski definition) is 3. The van der Waals surface area contributed by atoms with E-state index in [0.717, 1.165) is 39.1 Å². The first-order valence-corrected chi connectivity index (χ1v) is 7.54. The van der Waals surface area contributed by atoms with Gasteiger partial charge in [-0.2, -0.15) is 0 Å². The molecule has 0 aliphatic carbocycles. The Kier molecular flexibility index (Phi) is 4.49. The van der Waals surface area contributed by atoms with E-state index in [1.54, 1.807) is 0 Å². The smallest absolute Gasteiger partial charge is 0.0588 e. The van der Waals surface area contributed by atoms with E-state index in [4.69, 9.17) is 4.74 Å². The van der Waals surface area contributed by atoms with Gasteiger partial charge in [0, 0.05) is 25.7 Å². The van der Waals surface area contributed by atoms with E-state index in [9.17, 15) is 0 Å². The van der Waals surface area contributed by atoms with Gasteiger partial charge in [-0.3, -0.25) is 0 Å². The van der Waals surface area contributed by atoms with E-state index in [2.05, 4.69) is 34.9 Å². The van der Waals surface area contributed by atoms with Crippen LogP contribution in [0.5, 0.6) is 0 Å². The van der Waals surface area contributed by atoms with Crippen molar-refractivity contribution < 1.29 is 4.74 Å². The van der Waals surface area contributed by atoms with Crippen LogP contribution in [0.3, 0.4) is 0 Å². The maximum absolute atomic E-state index is 5.64. The van der Waals surface area contributed by atoms with Crippen molar-refractivity contribution in [3.05, 3.63) is 35.4 Å². The molecule has 1 saturated heterocycles. The van der Waals surface area contributed by atoms with Gasteiger partial charge in [-0.05, 0) is 43.4 Å². The lowest BCUT2D eigenvalue weighted by Crippen LogP contribution is -2.43. The summed E-state index contributed by atoms with van der Waals surface area (Å²) in [5.74, 6) is 0. The Labute approximate surface area is 115 Å². The van der Waals surface area contributed by atoms with Gasteiger partial charge in [0.2, 0.25) is 0 Å². The van der Waals surface area contributed by atoms with Gasteiger partial charge in [-0.1, -0.05) is 24.3 Å². The van der Waals surface area contributed by atoms with Crippen molar-refractivity contribution >= 4 is 0 Å². The molecule has 19 heavy (non-hydrogen) atoms. The normalized spacial score (nSPS) is 26.3. The van der Waals surface area contributed by atoms with E-state index < -0.39 is 0 Å². The summed E-state index contributed by atoms with van der Waals surface area (Å²) in [7, 11) is 0. The third-order valence-electron chi connectivity index (χ3n) is 4.22. The van der Waals surface area contributed by atoms with Crippen LogP contribution in [0.25, 0.3) is 0 Å². The standard InChI is InChI=1S/C16H24N2O/c1-2-5-14-11-18-15(10-13(14)4-1)12-17-8-7-16-6-3-9-19-16/h1-2,4-5,15-18H,3,6-12H2. The molecule has 2 unspecified atom stereocenters. The molecule has 0 amide bonds. The van der Waals surface area contributed by atoms with Crippen LogP contribution >= 0.6 is 0 Å². The van der Waals surface area contributed by atoms with Crippen LogP contribution in [0.4, 0.5) is 0 Å². The maximum atomic E-state index is 5.64. The lowest BCUT2D eigenvalue weighted by Gasteiger charge is -2.26. The molecule has 3 rings (SSSR count). The number of benzene rings is 1. The van der Waals surface area contributed by atoms with Crippen molar-refractivity contribution in [3.8, 4) is 0 Å². The fourth-order valence-electron chi connectivity index (χ4n) is 3.08. The molecule has 3 nitrogen and oxygen atoms in total. The molecule has 2 N–H and O–H groups in total. The second-order valence-electron chi connectivity index (χ2n) is 5.68. The molecular weight excluding hydrogens is 236 g/mol. The van der Waals surface area contributed by atoms with Crippen LogP contribution in [0.15, 0.2) is 24.3 Å². The highest BCUT2D eigenvalue weighted by Gasteiger charge is 2.18. The Morgan fingerprint density at radius 1 is 1.26 bits per heavy atom. The van der Waals surface area contributed by atoms with Crippen LogP contribution < -0.4 is 10.6 Å². The molecular formula is C16H24N2O. The summed E-state index contributed by atoms with van der Waals surface area (Å²) >= 11 is 0. The van der Waals surface area contributed by atoms with E-state index in [1.807, 2.05) is 0 Å². The zero-order valence-corrected chi connectivity index (χ0v) is 11.5. The Bertz CT molecular complexity index is 401. The first kappa shape index (κ1) is 13.1. The highest BCUT2D eigenvalue weighted by atomic mass is 16.5.